The molecule has 0 spiro atoms. The van der Waals surface area contributed by atoms with Crippen molar-refractivity contribution in [2.75, 3.05) is 0 Å². The molecule has 1 aromatic rings. The number of unbranched alkanes of at least 4 members (excludes halogenated alkanes) is 7. The van der Waals surface area contributed by atoms with Gasteiger partial charge >= 0.3 is 11.9 Å². The molecule has 0 bridgehead atoms. The van der Waals surface area contributed by atoms with E-state index in [1.165, 1.54) is 32.1 Å². The maximum absolute atomic E-state index is 14.7. The standard InChI is InChI=1S/C27H41F2NO4/c1-4-5-6-7-8-9-10-11-12-20-13-14-21(24(29)23(20)28)18-30-22-15-16-27(17-22,25(31)32)26(33)34-19(2)3/h13-14,19,22,30H,4-12,15-18H2,1-3H3,(H,31,32). The summed E-state index contributed by atoms with van der Waals surface area (Å²) in [4.78, 5) is 24.3. The number of carboxylic acid groups (broad SMARTS) is 1. The number of hydrogen-bond acceptors (Lipinski definition) is 4. The normalized spacial score (nSPS) is 20.1. The third kappa shape index (κ3) is 7.76. The number of nitrogens with one attached hydrogen (secondary N) is 1. The minimum Gasteiger partial charge on any atom is -0.480 e. The van der Waals surface area contributed by atoms with Crippen molar-refractivity contribution in [1.29, 1.82) is 0 Å². The summed E-state index contributed by atoms with van der Waals surface area (Å²) in [6.45, 7) is 5.61. The molecule has 2 N–H and O–H groups in total. The summed E-state index contributed by atoms with van der Waals surface area (Å²) in [5, 5.41) is 12.8. The van der Waals surface area contributed by atoms with E-state index in [1.54, 1.807) is 26.0 Å². The molecule has 2 atom stereocenters. The van der Waals surface area contributed by atoms with Gasteiger partial charge < -0.3 is 15.2 Å². The maximum Gasteiger partial charge on any atom is 0.323 e. The van der Waals surface area contributed by atoms with Crippen LogP contribution in [-0.4, -0.2) is 29.2 Å². The summed E-state index contributed by atoms with van der Waals surface area (Å²) >= 11 is 0. The van der Waals surface area contributed by atoms with Gasteiger partial charge in [-0.05, 0) is 51.5 Å². The first-order valence-corrected chi connectivity index (χ1v) is 12.8. The van der Waals surface area contributed by atoms with Crippen molar-refractivity contribution >= 4 is 11.9 Å². The Labute approximate surface area is 202 Å². The van der Waals surface area contributed by atoms with Crippen LogP contribution in [0.25, 0.3) is 0 Å². The van der Waals surface area contributed by atoms with Crippen molar-refractivity contribution in [2.24, 2.45) is 5.41 Å². The highest BCUT2D eigenvalue weighted by atomic mass is 19.2. The van der Waals surface area contributed by atoms with Crippen LogP contribution >= 0.6 is 0 Å². The molecule has 0 heterocycles. The van der Waals surface area contributed by atoms with E-state index < -0.39 is 35.1 Å². The van der Waals surface area contributed by atoms with Gasteiger partial charge in [0.05, 0.1) is 6.10 Å². The van der Waals surface area contributed by atoms with Gasteiger partial charge in [0.1, 0.15) is 0 Å². The second kappa shape index (κ2) is 13.8. The molecule has 0 aliphatic heterocycles. The molecule has 34 heavy (non-hydrogen) atoms. The van der Waals surface area contributed by atoms with Crippen molar-refractivity contribution in [3.63, 3.8) is 0 Å². The summed E-state index contributed by atoms with van der Waals surface area (Å²) in [7, 11) is 0. The number of carboxylic acids is 1. The number of aryl methyl sites for hydroxylation is 1. The van der Waals surface area contributed by atoms with E-state index in [2.05, 4.69) is 12.2 Å². The molecule has 0 radical (unpaired) electrons. The molecule has 0 saturated heterocycles. The third-order valence-electron chi connectivity index (χ3n) is 6.78. The second-order valence-corrected chi connectivity index (χ2v) is 9.90. The first-order valence-electron chi connectivity index (χ1n) is 12.8. The van der Waals surface area contributed by atoms with Crippen LogP contribution in [0.2, 0.25) is 0 Å². The number of aliphatic carboxylic acids is 1. The largest absolute Gasteiger partial charge is 0.480 e. The van der Waals surface area contributed by atoms with E-state index in [0.717, 1.165) is 19.3 Å². The van der Waals surface area contributed by atoms with Crippen LogP contribution in [0.1, 0.15) is 103 Å². The van der Waals surface area contributed by atoms with E-state index in [4.69, 9.17) is 4.74 Å². The zero-order valence-corrected chi connectivity index (χ0v) is 20.9. The van der Waals surface area contributed by atoms with E-state index in [9.17, 15) is 23.5 Å². The molecule has 1 fully saturated rings. The molecule has 5 nitrogen and oxygen atoms in total. The molecule has 0 aromatic heterocycles. The van der Waals surface area contributed by atoms with Gasteiger partial charge in [-0.15, -0.1) is 0 Å². The molecule has 2 rings (SSSR count). The highest BCUT2D eigenvalue weighted by molar-refractivity contribution is 5.99. The lowest BCUT2D eigenvalue weighted by atomic mass is 9.86. The summed E-state index contributed by atoms with van der Waals surface area (Å²) in [6.07, 6.45) is 9.97. The van der Waals surface area contributed by atoms with Gasteiger partial charge in [-0.1, -0.05) is 64.0 Å². The Morgan fingerprint density at radius 3 is 2.26 bits per heavy atom. The number of carbonyl (C=O) groups is 2. The first kappa shape index (κ1) is 28.2. The fourth-order valence-corrected chi connectivity index (χ4v) is 4.68. The number of ether oxygens (including phenoxy) is 1. The van der Waals surface area contributed by atoms with Crippen LogP contribution in [0.4, 0.5) is 8.78 Å². The lowest BCUT2D eigenvalue weighted by Gasteiger charge is -2.24. The lowest BCUT2D eigenvalue weighted by Crippen LogP contribution is -2.41. The van der Waals surface area contributed by atoms with Crippen LogP contribution in [0.5, 0.6) is 0 Å². The SMILES string of the molecule is CCCCCCCCCCc1ccc(CNC2CCC(C(=O)O)(C(=O)OC(C)C)C2)c(F)c1F. The Balaban J connectivity index is 1.85. The molecule has 1 aliphatic rings. The fourth-order valence-electron chi connectivity index (χ4n) is 4.68. The van der Waals surface area contributed by atoms with Crippen LogP contribution in [0, 0.1) is 17.0 Å². The molecule has 0 amide bonds. The van der Waals surface area contributed by atoms with Crippen molar-refractivity contribution in [3.05, 3.63) is 34.9 Å². The van der Waals surface area contributed by atoms with E-state index in [0.29, 0.717) is 18.4 Å². The molecule has 1 saturated carbocycles. The lowest BCUT2D eigenvalue weighted by molar-refractivity contribution is -0.171. The second-order valence-electron chi connectivity index (χ2n) is 9.90. The topological polar surface area (TPSA) is 75.6 Å². The predicted octanol–water partition coefficient (Wildman–Crippen LogP) is 6.31. The summed E-state index contributed by atoms with van der Waals surface area (Å²) in [5.41, 5.74) is -0.991. The highest BCUT2D eigenvalue weighted by Crippen LogP contribution is 2.40. The molecule has 1 aliphatic carbocycles. The van der Waals surface area contributed by atoms with Gasteiger partial charge in [0.25, 0.3) is 0 Å². The van der Waals surface area contributed by atoms with Crippen LogP contribution < -0.4 is 5.32 Å². The van der Waals surface area contributed by atoms with Gasteiger partial charge in [0.15, 0.2) is 17.0 Å². The molecular formula is C27H41F2NO4. The molecular weight excluding hydrogens is 440 g/mol. The minimum atomic E-state index is -1.59. The van der Waals surface area contributed by atoms with Gasteiger partial charge in [-0.2, -0.15) is 0 Å². The van der Waals surface area contributed by atoms with Gasteiger partial charge in [0, 0.05) is 18.2 Å². The molecule has 192 valence electrons. The average molecular weight is 482 g/mol. The van der Waals surface area contributed by atoms with Crippen LogP contribution in [-0.2, 0) is 27.3 Å². The van der Waals surface area contributed by atoms with Gasteiger partial charge in [0.2, 0.25) is 0 Å². The Morgan fingerprint density at radius 1 is 1.06 bits per heavy atom. The van der Waals surface area contributed by atoms with Crippen LogP contribution in [0.3, 0.4) is 0 Å². The Hall–Kier alpha value is -2.02. The number of carbonyl (C=O) groups excluding carboxylic acids is 1. The summed E-state index contributed by atoms with van der Waals surface area (Å²) in [6, 6.07) is 2.94. The van der Waals surface area contributed by atoms with E-state index in [-0.39, 0.29) is 31.0 Å². The Kier molecular flexibility index (Phi) is 11.4. The Morgan fingerprint density at radius 2 is 1.65 bits per heavy atom. The van der Waals surface area contributed by atoms with Gasteiger partial charge in [-0.25, -0.2) is 8.78 Å². The predicted molar refractivity (Wildman–Crippen MR) is 128 cm³/mol. The smallest absolute Gasteiger partial charge is 0.323 e. The number of hydrogen-bond donors (Lipinski definition) is 2. The zero-order chi connectivity index (χ0) is 25.1. The van der Waals surface area contributed by atoms with E-state index >= 15 is 0 Å². The van der Waals surface area contributed by atoms with Gasteiger partial charge in [-0.3, -0.25) is 9.59 Å². The number of rotatable bonds is 15. The molecule has 1 aromatic carbocycles. The van der Waals surface area contributed by atoms with Crippen LogP contribution in [0.15, 0.2) is 12.1 Å². The maximum atomic E-state index is 14.7. The summed E-state index contributed by atoms with van der Waals surface area (Å²) in [5.74, 6) is -3.59. The van der Waals surface area contributed by atoms with Crippen molar-refractivity contribution in [3.8, 4) is 0 Å². The third-order valence-corrected chi connectivity index (χ3v) is 6.78. The highest BCUT2D eigenvalue weighted by Gasteiger charge is 2.53. The van der Waals surface area contributed by atoms with Crippen molar-refractivity contribution in [1.82, 2.24) is 5.32 Å². The summed E-state index contributed by atoms with van der Waals surface area (Å²) < 4.78 is 34.4. The van der Waals surface area contributed by atoms with E-state index in [1.807, 2.05) is 0 Å². The molecule has 7 heteroatoms. The monoisotopic (exact) mass is 481 g/mol. The number of esters is 1. The van der Waals surface area contributed by atoms with Crippen molar-refractivity contribution < 1.29 is 28.2 Å². The van der Waals surface area contributed by atoms with Crippen molar-refractivity contribution in [2.45, 2.75) is 117 Å². The zero-order valence-electron chi connectivity index (χ0n) is 20.9. The Bertz CT molecular complexity index is 814. The quantitative estimate of drug-likeness (QED) is 0.174. The number of halogens is 2. The first-order chi connectivity index (χ1) is 16.2. The molecule has 2 unspecified atom stereocenters. The number of benzene rings is 1. The minimum absolute atomic E-state index is 0.0640. The fraction of sp³-hybridized carbons (Fsp3) is 0.704. The average Bonchev–Trinajstić information content (AvgIpc) is 3.23.